The summed E-state index contributed by atoms with van der Waals surface area (Å²) in [5.74, 6) is 0.918. The van der Waals surface area contributed by atoms with Gasteiger partial charge in [-0.25, -0.2) is 9.97 Å². The van der Waals surface area contributed by atoms with Crippen molar-refractivity contribution in [3.63, 3.8) is 0 Å². The summed E-state index contributed by atoms with van der Waals surface area (Å²) < 4.78 is 11.2. The first-order valence-corrected chi connectivity index (χ1v) is 8.22. The molecule has 0 fully saturated rings. The molecule has 0 aliphatic carbocycles. The van der Waals surface area contributed by atoms with Gasteiger partial charge < -0.3 is 14.6 Å². The molecule has 6 heteroatoms. The number of aromatic nitrogens is 2. The molecule has 0 bridgehead atoms. The van der Waals surface area contributed by atoms with Gasteiger partial charge in [0.2, 0.25) is 5.88 Å². The van der Waals surface area contributed by atoms with Gasteiger partial charge in [-0.05, 0) is 44.5 Å². The molecule has 3 rings (SSSR count). The summed E-state index contributed by atoms with van der Waals surface area (Å²) in [5.41, 5.74) is 3.73. The highest BCUT2D eigenvalue weighted by Gasteiger charge is 2.22. The summed E-state index contributed by atoms with van der Waals surface area (Å²) in [6.45, 7) is 5.96. The number of fused-ring (bicyclic) bond motifs is 1. The van der Waals surface area contributed by atoms with Gasteiger partial charge >= 0.3 is 0 Å². The fourth-order valence-corrected chi connectivity index (χ4v) is 2.94. The van der Waals surface area contributed by atoms with Crippen molar-refractivity contribution in [1.82, 2.24) is 9.97 Å². The molecule has 132 valence electrons. The SMILES string of the molecule is CCOc1ncc(C)c2nc(C)c(O)c(-c3ccc(C#N)cc3OC)c12. The number of nitrogens with zero attached hydrogens (tertiary/aromatic N) is 3. The fourth-order valence-electron chi connectivity index (χ4n) is 2.94. The fraction of sp³-hybridized carbons (Fsp3) is 0.250. The van der Waals surface area contributed by atoms with Crippen LogP contribution in [0.3, 0.4) is 0 Å². The van der Waals surface area contributed by atoms with Crippen LogP contribution in [0.1, 0.15) is 23.7 Å². The van der Waals surface area contributed by atoms with Gasteiger partial charge in [0, 0.05) is 17.3 Å². The van der Waals surface area contributed by atoms with Crippen LogP contribution in [0.25, 0.3) is 22.0 Å². The molecule has 0 spiro atoms. The summed E-state index contributed by atoms with van der Waals surface area (Å²) in [6.07, 6.45) is 1.70. The molecular weight excluding hydrogens is 330 g/mol. The Morgan fingerprint density at radius 1 is 1.27 bits per heavy atom. The number of ether oxygens (including phenoxy) is 2. The highest BCUT2D eigenvalue weighted by atomic mass is 16.5. The van der Waals surface area contributed by atoms with Crippen LogP contribution in [0.5, 0.6) is 17.4 Å². The number of pyridine rings is 2. The predicted octanol–water partition coefficient (Wildman–Crippen LogP) is 3.90. The monoisotopic (exact) mass is 349 g/mol. The number of methoxy groups -OCH3 is 1. The topological polar surface area (TPSA) is 88.3 Å². The quantitative estimate of drug-likeness (QED) is 0.768. The Hall–Kier alpha value is -3.33. The van der Waals surface area contributed by atoms with Crippen LogP contribution < -0.4 is 9.47 Å². The molecule has 6 nitrogen and oxygen atoms in total. The van der Waals surface area contributed by atoms with Crippen molar-refractivity contribution >= 4 is 10.9 Å². The lowest BCUT2D eigenvalue weighted by Crippen LogP contribution is -2.01. The van der Waals surface area contributed by atoms with Gasteiger partial charge in [-0.1, -0.05) is 0 Å². The van der Waals surface area contributed by atoms with Crippen LogP contribution in [0, 0.1) is 25.2 Å². The molecule has 2 heterocycles. The molecule has 0 amide bonds. The lowest BCUT2D eigenvalue weighted by atomic mass is 9.96. The van der Waals surface area contributed by atoms with Gasteiger partial charge in [0.1, 0.15) is 11.5 Å². The average molecular weight is 349 g/mol. The normalized spacial score (nSPS) is 10.6. The van der Waals surface area contributed by atoms with E-state index in [0.717, 1.165) is 5.56 Å². The summed E-state index contributed by atoms with van der Waals surface area (Å²) >= 11 is 0. The van der Waals surface area contributed by atoms with E-state index in [4.69, 9.17) is 14.7 Å². The molecule has 1 aromatic carbocycles. The lowest BCUT2D eigenvalue weighted by Gasteiger charge is -2.17. The van der Waals surface area contributed by atoms with E-state index in [0.29, 0.717) is 51.5 Å². The van der Waals surface area contributed by atoms with Crippen LogP contribution in [0.4, 0.5) is 0 Å². The number of aryl methyl sites for hydroxylation is 2. The Morgan fingerprint density at radius 3 is 2.69 bits per heavy atom. The molecule has 0 radical (unpaired) electrons. The number of nitriles is 1. The molecule has 0 aliphatic rings. The van der Waals surface area contributed by atoms with Gasteiger partial charge in [0.05, 0.1) is 41.9 Å². The standard InChI is InChI=1S/C20H19N3O3/c1-5-26-20-17-16(14-7-6-13(9-21)8-15(14)25-4)19(24)12(3)23-18(17)11(2)10-22-20/h6-8,10,24H,5H2,1-4H3. The number of aromatic hydroxyl groups is 1. The van der Waals surface area contributed by atoms with Crippen molar-refractivity contribution in [2.45, 2.75) is 20.8 Å². The summed E-state index contributed by atoms with van der Waals surface area (Å²) in [4.78, 5) is 8.91. The highest BCUT2D eigenvalue weighted by molar-refractivity contribution is 6.03. The smallest absolute Gasteiger partial charge is 0.223 e. The van der Waals surface area contributed by atoms with Crippen LogP contribution in [0.15, 0.2) is 24.4 Å². The third-order valence-corrected chi connectivity index (χ3v) is 4.19. The van der Waals surface area contributed by atoms with Gasteiger partial charge in [-0.15, -0.1) is 0 Å². The number of hydrogen-bond donors (Lipinski definition) is 1. The Labute approximate surface area is 151 Å². The third kappa shape index (κ3) is 2.78. The van der Waals surface area contributed by atoms with E-state index in [1.165, 1.54) is 7.11 Å². The van der Waals surface area contributed by atoms with Crippen molar-refractivity contribution in [3.8, 4) is 34.6 Å². The van der Waals surface area contributed by atoms with Crippen LogP contribution in [-0.4, -0.2) is 28.8 Å². The van der Waals surface area contributed by atoms with Crippen molar-refractivity contribution in [2.75, 3.05) is 13.7 Å². The first-order chi connectivity index (χ1) is 12.5. The molecule has 0 aliphatic heterocycles. The summed E-state index contributed by atoms with van der Waals surface area (Å²) in [5, 5.41) is 20.6. The maximum atomic E-state index is 10.8. The van der Waals surface area contributed by atoms with Gasteiger partial charge in [-0.3, -0.25) is 0 Å². The van der Waals surface area contributed by atoms with E-state index in [2.05, 4.69) is 16.0 Å². The van der Waals surface area contributed by atoms with E-state index in [9.17, 15) is 5.11 Å². The predicted molar refractivity (Wildman–Crippen MR) is 98.5 cm³/mol. The maximum absolute atomic E-state index is 10.8. The van der Waals surface area contributed by atoms with Crippen LogP contribution in [-0.2, 0) is 0 Å². The molecular formula is C20H19N3O3. The molecule has 3 aromatic rings. The minimum absolute atomic E-state index is 0.0360. The molecule has 0 atom stereocenters. The zero-order valence-electron chi connectivity index (χ0n) is 15.1. The average Bonchev–Trinajstić information content (AvgIpc) is 2.65. The van der Waals surface area contributed by atoms with Crippen molar-refractivity contribution in [2.24, 2.45) is 0 Å². The van der Waals surface area contributed by atoms with E-state index < -0.39 is 0 Å². The van der Waals surface area contributed by atoms with Crippen LogP contribution in [0.2, 0.25) is 0 Å². The molecule has 0 saturated heterocycles. The van der Waals surface area contributed by atoms with Crippen LogP contribution >= 0.6 is 0 Å². The second-order valence-electron chi connectivity index (χ2n) is 5.85. The van der Waals surface area contributed by atoms with E-state index in [-0.39, 0.29) is 5.75 Å². The summed E-state index contributed by atoms with van der Waals surface area (Å²) in [6, 6.07) is 7.17. The third-order valence-electron chi connectivity index (χ3n) is 4.19. The first-order valence-electron chi connectivity index (χ1n) is 8.22. The van der Waals surface area contributed by atoms with Gasteiger partial charge in [-0.2, -0.15) is 5.26 Å². The molecule has 0 saturated carbocycles. The van der Waals surface area contributed by atoms with Crippen molar-refractivity contribution in [1.29, 1.82) is 5.26 Å². The zero-order valence-corrected chi connectivity index (χ0v) is 15.1. The largest absolute Gasteiger partial charge is 0.505 e. The number of benzene rings is 1. The second kappa shape index (κ2) is 6.89. The van der Waals surface area contributed by atoms with Crippen molar-refractivity contribution < 1.29 is 14.6 Å². The van der Waals surface area contributed by atoms with Crippen molar-refractivity contribution in [3.05, 3.63) is 41.2 Å². The van der Waals surface area contributed by atoms with E-state index in [1.807, 2.05) is 13.8 Å². The Morgan fingerprint density at radius 2 is 2.04 bits per heavy atom. The first kappa shape index (κ1) is 17.5. The zero-order chi connectivity index (χ0) is 18.8. The number of rotatable bonds is 4. The molecule has 1 N–H and O–H groups in total. The van der Waals surface area contributed by atoms with Gasteiger partial charge in [0.15, 0.2) is 0 Å². The maximum Gasteiger partial charge on any atom is 0.223 e. The van der Waals surface area contributed by atoms with Gasteiger partial charge in [0.25, 0.3) is 0 Å². The molecule has 2 aromatic heterocycles. The van der Waals surface area contributed by atoms with E-state index in [1.54, 1.807) is 31.3 Å². The summed E-state index contributed by atoms with van der Waals surface area (Å²) in [7, 11) is 1.53. The molecule has 0 unspecified atom stereocenters. The van der Waals surface area contributed by atoms with E-state index >= 15 is 0 Å². The Bertz CT molecular complexity index is 1040. The highest BCUT2D eigenvalue weighted by Crippen LogP contribution is 2.45. The Kier molecular flexibility index (Phi) is 4.63. The molecule has 26 heavy (non-hydrogen) atoms. The Balaban J connectivity index is 2.48. The minimum atomic E-state index is 0.0360. The minimum Gasteiger partial charge on any atom is -0.505 e. The second-order valence-corrected chi connectivity index (χ2v) is 5.85. The number of hydrogen-bond acceptors (Lipinski definition) is 6. The lowest BCUT2D eigenvalue weighted by molar-refractivity contribution is 0.331.